The molecule has 1 heterocycles. The minimum atomic E-state index is -0.453. The van der Waals surface area contributed by atoms with E-state index in [2.05, 4.69) is 20.6 Å². The van der Waals surface area contributed by atoms with E-state index in [1.54, 1.807) is 25.3 Å². The fraction of sp³-hybridized carbons (Fsp3) is 0.154. The standard InChI is InChI=1S/C13H14N4O3/c1-19-10-5-2-3-6-11(10)20-9-16-13(18)17-12-14-7-4-8-15-12/h2-8H,9H2,1H3,(H2,14,15,16,17,18). The summed E-state index contributed by atoms with van der Waals surface area (Å²) in [5.41, 5.74) is 0. The van der Waals surface area contributed by atoms with E-state index >= 15 is 0 Å². The van der Waals surface area contributed by atoms with Crippen molar-refractivity contribution in [2.45, 2.75) is 0 Å². The number of carbonyl (C=O) groups is 1. The van der Waals surface area contributed by atoms with E-state index in [0.29, 0.717) is 11.5 Å². The van der Waals surface area contributed by atoms with Crippen LogP contribution in [0.3, 0.4) is 0 Å². The molecule has 7 heteroatoms. The monoisotopic (exact) mass is 274 g/mol. The van der Waals surface area contributed by atoms with Crippen molar-refractivity contribution in [1.82, 2.24) is 15.3 Å². The summed E-state index contributed by atoms with van der Waals surface area (Å²) < 4.78 is 10.5. The molecule has 2 amide bonds. The molecule has 0 radical (unpaired) electrons. The molecule has 7 nitrogen and oxygen atoms in total. The smallest absolute Gasteiger partial charge is 0.324 e. The molecule has 0 saturated heterocycles. The third kappa shape index (κ3) is 3.84. The highest BCUT2D eigenvalue weighted by atomic mass is 16.5. The molecule has 0 unspecified atom stereocenters. The molecular formula is C13H14N4O3. The van der Waals surface area contributed by atoms with Crippen LogP contribution in [-0.4, -0.2) is 29.8 Å². The average Bonchev–Trinajstić information content (AvgIpc) is 2.49. The first-order valence-corrected chi connectivity index (χ1v) is 5.87. The molecule has 1 aromatic heterocycles. The number of benzene rings is 1. The minimum Gasteiger partial charge on any atom is -0.493 e. The van der Waals surface area contributed by atoms with Crippen LogP contribution in [0.2, 0.25) is 0 Å². The molecule has 0 fully saturated rings. The summed E-state index contributed by atoms with van der Waals surface area (Å²) in [5, 5.41) is 5.00. The number of urea groups is 1. The van der Waals surface area contributed by atoms with Crippen LogP contribution in [0.25, 0.3) is 0 Å². The molecule has 0 saturated carbocycles. The van der Waals surface area contributed by atoms with Crippen molar-refractivity contribution in [2.75, 3.05) is 19.2 Å². The molecule has 0 atom stereocenters. The van der Waals surface area contributed by atoms with Crippen LogP contribution in [0.15, 0.2) is 42.7 Å². The predicted octanol–water partition coefficient (Wildman–Crippen LogP) is 1.64. The summed E-state index contributed by atoms with van der Waals surface area (Å²) in [6.45, 7) is -0.000952. The molecule has 2 N–H and O–H groups in total. The van der Waals surface area contributed by atoms with Crippen LogP contribution in [0.1, 0.15) is 0 Å². The summed E-state index contributed by atoms with van der Waals surface area (Å²) in [6, 6.07) is 8.37. The predicted molar refractivity (Wildman–Crippen MR) is 72.7 cm³/mol. The number of amides is 2. The fourth-order valence-electron chi connectivity index (χ4n) is 1.43. The summed E-state index contributed by atoms with van der Waals surface area (Å²) in [7, 11) is 1.55. The second-order valence-electron chi connectivity index (χ2n) is 3.64. The number of ether oxygens (including phenoxy) is 2. The lowest BCUT2D eigenvalue weighted by Crippen LogP contribution is -2.32. The van der Waals surface area contributed by atoms with E-state index in [1.807, 2.05) is 12.1 Å². The lowest BCUT2D eigenvalue weighted by Gasteiger charge is -2.11. The van der Waals surface area contributed by atoms with Gasteiger partial charge in [0.05, 0.1) is 7.11 Å². The fourth-order valence-corrected chi connectivity index (χ4v) is 1.43. The highest BCUT2D eigenvalue weighted by molar-refractivity contribution is 5.87. The lowest BCUT2D eigenvalue weighted by molar-refractivity contribution is 0.231. The Hall–Kier alpha value is -2.83. The zero-order chi connectivity index (χ0) is 14.2. The maximum absolute atomic E-state index is 11.5. The molecule has 2 aromatic rings. The maximum atomic E-state index is 11.5. The zero-order valence-corrected chi connectivity index (χ0v) is 10.9. The third-order valence-electron chi connectivity index (χ3n) is 2.32. The van der Waals surface area contributed by atoms with Gasteiger partial charge in [-0.05, 0) is 18.2 Å². The Morgan fingerprint density at radius 1 is 1.15 bits per heavy atom. The van der Waals surface area contributed by atoms with Gasteiger partial charge in [-0.2, -0.15) is 0 Å². The molecular weight excluding hydrogens is 260 g/mol. The Balaban J connectivity index is 1.79. The summed E-state index contributed by atoms with van der Waals surface area (Å²) in [5.74, 6) is 1.37. The highest BCUT2D eigenvalue weighted by Crippen LogP contribution is 2.25. The van der Waals surface area contributed by atoms with Gasteiger partial charge in [-0.15, -0.1) is 0 Å². The molecule has 104 valence electrons. The van der Waals surface area contributed by atoms with Crippen LogP contribution in [0.5, 0.6) is 11.5 Å². The van der Waals surface area contributed by atoms with Crippen LogP contribution < -0.4 is 20.1 Å². The first kappa shape index (κ1) is 13.6. The molecule has 0 spiro atoms. The minimum absolute atomic E-state index is 0.000952. The Bertz CT molecular complexity index is 563. The van der Waals surface area contributed by atoms with Crippen LogP contribution in [0, 0.1) is 0 Å². The molecule has 2 rings (SSSR count). The maximum Gasteiger partial charge on any atom is 0.324 e. The van der Waals surface area contributed by atoms with Gasteiger partial charge >= 0.3 is 6.03 Å². The van der Waals surface area contributed by atoms with Gasteiger partial charge in [0.1, 0.15) is 0 Å². The van der Waals surface area contributed by atoms with Crippen molar-refractivity contribution in [3.8, 4) is 11.5 Å². The number of aromatic nitrogens is 2. The second kappa shape index (κ2) is 6.93. The number of carbonyl (C=O) groups excluding carboxylic acids is 1. The number of hydrogen-bond acceptors (Lipinski definition) is 5. The number of nitrogens with zero attached hydrogens (tertiary/aromatic N) is 2. The van der Waals surface area contributed by atoms with Crippen molar-refractivity contribution in [3.05, 3.63) is 42.7 Å². The second-order valence-corrected chi connectivity index (χ2v) is 3.64. The van der Waals surface area contributed by atoms with Gasteiger partial charge in [0, 0.05) is 12.4 Å². The largest absolute Gasteiger partial charge is 0.493 e. The lowest BCUT2D eigenvalue weighted by atomic mass is 10.3. The van der Waals surface area contributed by atoms with Crippen molar-refractivity contribution >= 4 is 12.0 Å². The number of anilines is 1. The average molecular weight is 274 g/mol. The van der Waals surface area contributed by atoms with E-state index in [1.165, 1.54) is 12.4 Å². The van der Waals surface area contributed by atoms with Crippen molar-refractivity contribution in [1.29, 1.82) is 0 Å². The Morgan fingerprint density at radius 3 is 2.55 bits per heavy atom. The summed E-state index contributed by atoms with van der Waals surface area (Å²) >= 11 is 0. The number of rotatable bonds is 5. The molecule has 0 aliphatic heterocycles. The Morgan fingerprint density at radius 2 is 1.85 bits per heavy atom. The van der Waals surface area contributed by atoms with Crippen molar-refractivity contribution in [2.24, 2.45) is 0 Å². The first-order chi connectivity index (χ1) is 9.79. The van der Waals surface area contributed by atoms with Crippen molar-refractivity contribution in [3.63, 3.8) is 0 Å². The molecule has 20 heavy (non-hydrogen) atoms. The van der Waals surface area contributed by atoms with Gasteiger partial charge in [0.25, 0.3) is 0 Å². The number of para-hydroxylation sites is 2. The Labute approximate surface area is 116 Å². The van der Waals surface area contributed by atoms with Gasteiger partial charge in [0.2, 0.25) is 5.95 Å². The summed E-state index contributed by atoms with van der Waals surface area (Å²) in [6.07, 6.45) is 3.07. The zero-order valence-electron chi connectivity index (χ0n) is 10.9. The molecule has 0 aliphatic rings. The van der Waals surface area contributed by atoms with Crippen LogP contribution >= 0.6 is 0 Å². The highest BCUT2D eigenvalue weighted by Gasteiger charge is 2.05. The van der Waals surface area contributed by atoms with Crippen molar-refractivity contribution < 1.29 is 14.3 Å². The molecule has 1 aromatic carbocycles. The van der Waals surface area contributed by atoms with E-state index in [4.69, 9.17) is 9.47 Å². The van der Waals surface area contributed by atoms with Crippen LogP contribution in [0.4, 0.5) is 10.7 Å². The van der Waals surface area contributed by atoms with Gasteiger partial charge in [-0.3, -0.25) is 5.32 Å². The van der Waals surface area contributed by atoms with Gasteiger partial charge in [-0.25, -0.2) is 14.8 Å². The van der Waals surface area contributed by atoms with Gasteiger partial charge in [0.15, 0.2) is 18.2 Å². The van der Waals surface area contributed by atoms with E-state index in [0.717, 1.165) is 0 Å². The third-order valence-corrected chi connectivity index (χ3v) is 2.32. The van der Waals surface area contributed by atoms with Gasteiger partial charge in [-0.1, -0.05) is 12.1 Å². The quantitative estimate of drug-likeness (QED) is 0.810. The van der Waals surface area contributed by atoms with Gasteiger partial charge < -0.3 is 14.8 Å². The van der Waals surface area contributed by atoms with E-state index < -0.39 is 6.03 Å². The molecule has 0 bridgehead atoms. The first-order valence-electron chi connectivity index (χ1n) is 5.87. The van der Waals surface area contributed by atoms with E-state index in [9.17, 15) is 4.79 Å². The van der Waals surface area contributed by atoms with E-state index in [-0.39, 0.29) is 12.7 Å². The summed E-state index contributed by atoms with van der Waals surface area (Å²) in [4.78, 5) is 19.3. The Kier molecular flexibility index (Phi) is 4.71. The normalized spacial score (nSPS) is 9.65. The van der Waals surface area contributed by atoms with Crippen LogP contribution in [-0.2, 0) is 0 Å². The number of methoxy groups -OCH3 is 1. The molecule has 0 aliphatic carbocycles. The topological polar surface area (TPSA) is 85.4 Å². The SMILES string of the molecule is COc1ccccc1OCNC(=O)Nc1ncccn1. The number of hydrogen-bond donors (Lipinski definition) is 2. The number of nitrogens with one attached hydrogen (secondary N) is 2.